The number of fused-ring (bicyclic) bond motifs is 1. The van der Waals surface area contributed by atoms with Crippen molar-refractivity contribution in [1.29, 1.82) is 0 Å². The van der Waals surface area contributed by atoms with Gasteiger partial charge in [0, 0.05) is 24.0 Å². The number of rotatable bonds is 1. The predicted octanol–water partition coefficient (Wildman–Crippen LogP) is 3.44. The first-order chi connectivity index (χ1) is 9.07. The molecule has 0 spiro atoms. The highest BCUT2D eigenvalue weighted by Crippen LogP contribution is 2.35. The van der Waals surface area contributed by atoms with Crippen LogP contribution in [0.3, 0.4) is 0 Å². The first-order valence-corrected chi connectivity index (χ1v) is 5.52. The van der Waals surface area contributed by atoms with Crippen molar-refractivity contribution in [2.45, 2.75) is 6.18 Å². The number of hydrogen-bond donors (Lipinski definition) is 0. The molecule has 3 nitrogen and oxygen atoms in total. The zero-order chi connectivity index (χ0) is 13.5. The van der Waals surface area contributed by atoms with Crippen molar-refractivity contribution < 1.29 is 13.2 Å². The molecule has 0 saturated carbocycles. The number of hydrogen-bond acceptors (Lipinski definition) is 2. The Hall–Kier alpha value is -2.37. The fourth-order valence-corrected chi connectivity index (χ4v) is 2.00. The molecule has 0 saturated heterocycles. The molecule has 0 atom stereocenters. The van der Waals surface area contributed by atoms with Crippen molar-refractivity contribution in [1.82, 2.24) is 14.8 Å². The Morgan fingerprint density at radius 2 is 1.84 bits per heavy atom. The van der Waals surface area contributed by atoms with Gasteiger partial charge in [-0.15, -0.1) is 0 Å². The van der Waals surface area contributed by atoms with Gasteiger partial charge in [-0.1, -0.05) is 12.1 Å². The third kappa shape index (κ3) is 1.95. The topological polar surface area (TPSA) is 30.7 Å². The van der Waals surface area contributed by atoms with Gasteiger partial charge in [0.1, 0.15) is 0 Å². The molecule has 0 aliphatic carbocycles. The molecule has 0 fully saturated rings. The van der Waals surface area contributed by atoms with Gasteiger partial charge < -0.3 is 0 Å². The fourth-order valence-electron chi connectivity index (χ4n) is 2.00. The summed E-state index contributed by atoms with van der Waals surface area (Å²) in [6.07, 6.45) is 0.179. The highest BCUT2D eigenvalue weighted by atomic mass is 19.4. The first kappa shape index (κ1) is 11.7. The van der Waals surface area contributed by atoms with Crippen LogP contribution in [0.1, 0.15) is 5.56 Å². The number of aromatic nitrogens is 3. The van der Waals surface area contributed by atoms with Crippen LogP contribution in [0, 0.1) is 0 Å². The molecule has 3 rings (SSSR count). The standard InChI is InChI=1S/C13H8F3N3/c14-13(15,16)10-4-1-3-9-11(5-7-17-12(9)10)19-8-2-6-18-19/h1-8H. The van der Waals surface area contributed by atoms with E-state index in [9.17, 15) is 13.2 Å². The maximum atomic E-state index is 12.9. The van der Waals surface area contributed by atoms with E-state index in [4.69, 9.17) is 0 Å². The van der Waals surface area contributed by atoms with Gasteiger partial charge in [-0.2, -0.15) is 18.3 Å². The first-order valence-electron chi connectivity index (χ1n) is 5.52. The van der Waals surface area contributed by atoms with E-state index in [-0.39, 0.29) is 5.52 Å². The summed E-state index contributed by atoms with van der Waals surface area (Å²) < 4.78 is 40.3. The van der Waals surface area contributed by atoms with Crippen LogP contribution in [-0.4, -0.2) is 14.8 Å². The van der Waals surface area contributed by atoms with Gasteiger partial charge in [-0.05, 0) is 18.2 Å². The van der Waals surface area contributed by atoms with E-state index in [1.807, 2.05) is 0 Å². The van der Waals surface area contributed by atoms with Crippen LogP contribution >= 0.6 is 0 Å². The van der Waals surface area contributed by atoms with E-state index in [0.29, 0.717) is 11.1 Å². The summed E-state index contributed by atoms with van der Waals surface area (Å²) in [6, 6.07) is 7.35. The van der Waals surface area contributed by atoms with E-state index in [1.54, 1.807) is 30.6 Å². The second-order valence-corrected chi connectivity index (χ2v) is 3.98. The minimum atomic E-state index is -4.42. The minimum absolute atomic E-state index is 0.0667. The third-order valence-electron chi connectivity index (χ3n) is 2.80. The number of halogens is 3. The lowest BCUT2D eigenvalue weighted by Gasteiger charge is -2.11. The third-order valence-corrected chi connectivity index (χ3v) is 2.80. The molecule has 96 valence electrons. The van der Waals surface area contributed by atoms with Crippen molar-refractivity contribution in [3.05, 3.63) is 54.5 Å². The molecule has 0 bridgehead atoms. The molecule has 0 aliphatic rings. The summed E-state index contributed by atoms with van der Waals surface area (Å²) >= 11 is 0. The van der Waals surface area contributed by atoms with Crippen LogP contribution < -0.4 is 0 Å². The molecule has 2 aromatic heterocycles. The average Bonchev–Trinajstić information content (AvgIpc) is 2.90. The Balaban J connectivity index is 2.34. The highest BCUT2D eigenvalue weighted by Gasteiger charge is 2.33. The highest BCUT2D eigenvalue weighted by molar-refractivity contribution is 5.89. The molecule has 0 unspecified atom stereocenters. The summed E-state index contributed by atoms with van der Waals surface area (Å²) in [7, 11) is 0. The monoisotopic (exact) mass is 263 g/mol. The number of alkyl halides is 3. The Kier molecular flexibility index (Phi) is 2.51. The summed E-state index contributed by atoms with van der Waals surface area (Å²) in [5, 5.41) is 4.45. The molecule has 0 N–H and O–H groups in total. The quantitative estimate of drug-likeness (QED) is 0.673. The molecular weight excluding hydrogens is 255 g/mol. The maximum absolute atomic E-state index is 12.9. The maximum Gasteiger partial charge on any atom is 0.418 e. The second kappa shape index (κ2) is 4.08. The number of para-hydroxylation sites is 1. The van der Waals surface area contributed by atoms with E-state index < -0.39 is 11.7 Å². The minimum Gasteiger partial charge on any atom is -0.255 e. The van der Waals surface area contributed by atoms with Crippen LogP contribution in [0.15, 0.2) is 48.9 Å². The number of pyridine rings is 1. The lowest BCUT2D eigenvalue weighted by Crippen LogP contribution is -2.07. The summed E-state index contributed by atoms with van der Waals surface area (Å²) in [6.45, 7) is 0. The van der Waals surface area contributed by atoms with Gasteiger partial charge in [0.15, 0.2) is 0 Å². The number of nitrogens with zero attached hydrogens (tertiary/aromatic N) is 3. The lowest BCUT2D eigenvalue weighted by atomic mass is 10.1. The molecule has 0 radical (unpaired) electrons. The predicted molar refractivity (Wildman–Crippen MR) is 63.9 cm³/mol. The lowest BCUT2D eigenvalue weighted by molar-refractivity contribution is -0.136. The Bertz CT molecular complexity index is 718. The molecule has 2 heterocycles. The van der Waals surface area contributed by atoms with Crippen molar-refractivity contribution in [3.8, 4) is 5.69 Å². The zero-order valence-electron chi connectivity index (χ0n) is 9.59. The van der Waals surface area contributed by atoms with Crippen molar-refractivity contribution in [2.75, 3.05) is 0 Å². The summed E-state index contributed by atoms with van der Waals surface area (Å²) in [5.74, 6) is 0. The summed E-state index contributed by atoms with van der Waals surface area (Å²) in [5.41, 5.74) is -0.233. The Morgan fingerprint density at radius 3 is 2.53 bits per heavy atom. The SMILES string of the molecule is FC(F)(F)c1cccc2c(-n3cccn3)ccnc12. The largest absolute Gasteiger partial charge is 0.418 e. The van der Waals surface area contributed by atoms with Crippen LogP contribution in [0.5, 0.6) is 0 Å². The van der Waals surface area contributed by atoms with Crippen molar-refractivity contribution >= 4 is 10.9 Å². The van der Waals surface area contributed by atoms with Crippen LogP contribution in [0.25, 0.3) is 16.6 Å². The van der Waals surface area contributed by atoms with Crippen molar-refractivity contribution in [2.24, 2.45) is 0 Å². The van der Waals surface area contributed by atoms with E-state index >= 15 is 0 Å². The molecule has 0 aliphatic heterocycles. The van der Waals surface area contributed by atoms with Gasteiger partial charge in [-0.25, -0.2) is 4.68 Å². The normalized spacial score (nSPS) is 11.9. The van der Waals surface area contributed by atoms with Gasteiger partial charge in [0.05, 0.1) is 16.8 Å². The fraction of sp³-hybridized carbons (Fsp3) is 0.0769. The summed E-state index contributed by atoms with van der Waals surface area (Å²) in [4.78, 5) is 3.86. The number of benzene rings is 1. The van der Waals surface area contributed by atoms with Gasteiger partial charge >= 0.3 is 6.18 Å². The van der Waals surface area contributed by atoms with Gasteiger partial charge in [0.25, 0.3) is 0 Å². The van der Waals surface area contributed by atoms with E-state index in [2.05, 4.69) is 10.1 Å². The Morgan fingerprint density at radius 1 is 1.00 bits per heavy atom. The van der Waals surface area contributed by atoms with Crippen molar-refractivity contribution in [3.63, 3.8) is 0 Å². The van der Waals surface area contributed by atoms with E-state index in [0.717, 1.165) is 6.07 Å². The molecule has 19 heavy (non-hydrogen) atoms. The average molecular weight is 263 g/mol. The van der Waals surface area contributed by atoms with E-state index in [1.165, 1.54) is 16.9 Å². The zero-order valence-corrected chi connectivity index (χ0v) is 9.59. The van der Waals surface area contributed by atoms with Crippen LogP contribution in [0.2, 0.25) is 0 Å². The smallest absolute Gasteiger partial charge is 0.255 e. The molecule has 0 amide bonds. The second-order valence-electron chi connectivity index (χ2n) is 3.98. The Labute approximate surface area is 106 Å². The molecular formula is C13H8F3N3. The molecule has 3 aromatic rings. The molecule has 1 aromatic carbocycles. The molecule has 6 heteroatoms. The van der Waals surface area contributed by atoms with Crippen LogP contribution in [0.4, 0.5) is 13.2 Å². The van der Waals surface area contributed by atoms with Gasteiger partial charge in [0.2, 0.25) is 0 Å². The van der Waals surface area contributed by atoms with Gasteiger partial charge in [-0.3, -0.25) is 4.98 Å². The van der Waals surface area contributed by atoms with Crippen LogP contribution in [-0.2, 0) is 6.18 Å².